The number of aromatic nitrogens is 3. The molecule has 0 aliphatic carbocycles. The van der Waals surface area contributed by atoms with Crippen molar-refractivity contribution >= 4 is 146 Å². The normalized spacial score (nSPS) is 14.5. The first-order valence-corrected chi connectivity index (χ1v) is 47.3. The Labute approximate surface area is 520 Å². The molecule has 0 saturated heterocycles. The highest BCUT2D eigenvalue weighted by molar-refractivity contribution is 9.16. The summed E-state index contributed by atoms with van der Waals surface area (Å²) in [5.74, 6) is -1.15. The van der Waals surface area contributed by atoms with Crippen molar-refractivity contribution in [1.29, 1.82) is 0 Å². The summed E-state index contributed by atoms with van der Waals surface area (Å²) in [6, 6.07) is 27.3. The molecule has 86 heavy (non-hydrogen) atoms. The van der Waals surface area contributed by atoms with Crippen molar-refractivity contribution in [3.8, 4) is 0 Å². The van der Waals surface area contributed by atoms with Gasteiger partial charge in [0, 0.05) is 95.3 Å². The van der Waals surface area contributed by atoms with Crippen LogP contribution < -0.4 is 5.32 Å². The van der Waals surface area contributed by atoms with Crippen LogP contribution in [0.1, 0.15) is 86.4 Å². The Morgan fingerprint density at radius 3 is 1.38 bits per heavy atom. The predicted octanol–water partition coefficient (Wildman–Crippen LogP) is 16.6. The molecule has 3 aliphatic rings. The Balaban J connectivity index is 0.000000158. The fourth-order valence-electron chi connectivity index (χ4n) is 10.3. The van der Waals surface area contributed by atoms with Crippen LogP contribution in [0, 0.1) is 31.3 Å². The number of nitrogens with one attached hydrogen (secondary N) is 2. The van der Waals surface area contributed by atoms with E-state index in [-0.39, 0.29) is 85.9 Å². The maximum absolute atomic E-state index is 14.9. The smallest absolute Gasteiger partial charge is 0.410 e. The van der Waals surface area contributed by atoms with E-state index in [0.29, 0.717) is 72.3 Å². The quantitative estimate of drug-likeness (QED) is 0.148. The Morgan fingerprint density at radius 1 is 0.535 bits per heavy atom. The molecule has 5 aromatic carbocycles. The largest absolute Gasteiger partial charge is 0.444 e. The maximum Gasteiger partial charge on any atom is 0.410 e. The zero-order valence-corrected chi connectivity index (χ0v) is 61.1. The second-order valence-corrected chi connectivity index (χ2v) is 62.9. The van der Waals surface area contributed by atoms with E-state index >= 15 is 0 Å². The van der Waals surface area contributed by atoms with Crippen LogP contribution in [0.2, 0.25) is 0 Å². The third-order valence-electron chi connectivity index (χ3n) is 14.0. The standard InChI is InChI=1S/C23H25FN2O4S.C18H17FN2O2S.C16H19FN2O2.H12P10/c1-15-8-10-16(11-9-15)31(28,29)26-19-12-13-25(22(27)30-23(2,3)4)14-17(19)21-18(24)6-5-7-20(21)26;1-12-5-7-13(8-6-12)24(22,23)21-16-9-10-20-11-14(16)18-15(19)3-2-4-17(18)21;1-16(2,3)21-15(20)19-8-7-12-10(9-19)14-11(17)5-4-6-13(14)18-12;1-7(2)10(8(3)4)9(5)6/h5-11H,12-14H2,1-4H3;2-8,20H,9-11H2,1H3;4-6,18H,7-9H2,1-3H3;1-6H2. The molecule has 0 radical (unpaired) electrons. The summed E-state index contributed by atoms with van der Waals surface area (Å²) in [5, 5.41) is 4.40. The number of carbonyl (C=O) groups is 2. The molecule has 29 heteroatoms. The summed E-state index contributed by atoms with van der Waals surface area (Å²) in [4.78, 5) is 31.5. The Kier molecular flexibility index (Phi) is 22.8. The van der Waals surface area contributed by atoms with Crippen LogP contribution in [0.15, 0.2) is 113 Å². The van der Waals surface area contributed by atoms with Crippen molar-refractivity contribution in [2.75, 3.05) is 19.6 Å². The van der Waals surface area contributed by atoms with Gasteiger partial charge in [0.1, 0.15) is 28.7 Å². The van der Waals surface area contributed by atoms with Gasteiger partial charge in [0.05, 0.1) is 33.9 Å². The predicted molar refractivity (Wildman–Crippen MR) is 372 cm³/mol. The molecular weight excluding hydrogens is 1330 g/mol. The summed E-state index contributed by atoms with van der Waals surface area (Å²) < 4.78 is 110. The van der Waals surface area contributed by atoms with E-state index in [0.717, 1.165) is 33.5 Å². The summed E-state index contributed by atoms with van der Waals surface area (Å²) in [6.07, 6.45) is 0.654. The molecule has 462 valence electrons. The van der Waals surface area contributed by atoms with Crippen molar-refractivity contribution in [2.45, 2.75) is 115 Å². The zero-order valence-electron chi connectivity index (χ0n) is 48.9. The number of hydrogen-bond donors (Lipinski definition) is 2. The number of fused-ring (bicyclic) bond motifs is 9. The summed E-state index contributed by atoms with van der Waals surface area (Å²) in [7, 11) is 9.95. The molecule has 0 fully saturated rings. The van der Waals surface area contributed by atoms with Gasteiger partial charge in [-0.1, -0.05) is 53.6 Å². The lowest BCUT2D eigenvalue weighted by atomic mass is 10.0. The molecule has 0 bridgehead atoms. The molecule has 8 aromatic rings. The highest BCUT2D eigenvalue weighted by Crippen LogP contribution is 3.10. The number of hydrogen-bond acceptors (Lipinski definition) is 9. The first kappa shape index (κ1) is 69.1. The average molecular weight is 1400 g/mol. The monoisotopic (exact) mass is 1400 g/mol. The number of aryl methyl sites for hydroxylation is 2. The molecule has 2 N–H and O–H groups in total. The highest BCUT2D eigenvalue weighted by atomic mass is 33.2. The van der Waals surface area contributed by atoms with Gasteiger partial charge in [-0.3, -0.25) is 0 Å². The minimum Gasteiger partial charge on any atom is -0.444 e. The molecule has 11 rings (SSSR count). The number of aromatic amines is 1. The van der Waals surface area contributed by atoms with Gasteiger partial charge < -0.3 is 29.6 Å². The molecule has 6 heterocycles. The fourth-order valence-corrected chi connectivity index (χ4v) is 100. The van der Waals surface area contributed by atoms with E-state index in [4.69, 9.17) is 9.47 Å². The average Bonchev–Trinajstić information content (AvgIpc) is 1.61. The zero-order chi connectivity index (χ0) is 63.0. The van der Waals surface area contributed by atoms with Gasteiger partial charge in [0.2, 0.25) is 0 Å². The van der Waals surface area contributed by atoms with E-state index in [1.54, 1.807) is 98.5 Å². The Hall–Kier alpha value is -2.79. The SMILES string of the molecule is CC(C)(C)OC(=O)N1CCc2[nH]c3cccc(F)c3c2C1.Cc1ccc(S(=O)(=O)n2c3c(c4c(F)cccc42)CN(C(=O)OC(C)(C)C)CC3)cc1.Cc1ccc(S(=O)(=O)n2c3c(c4c(F)cccc42)CNCC3)cc1.PP(P)P(P(P)P)P(P)P. The Bertz CT molecular complexity index is 4030. The molecule has 6 unspecified atom stereocenters. The van der Waals surface area contributed by atoms with Gasteiger partial charge in [-0.15, -0.1) is 53.6 Å². The van der Waals surface area contributed by atoms with Gasteiger partial charge in [0.15, 0.2) is 0 Å². The van der Waals surface area contributed by atoms with E-state index in [1.165, 1.54) is 37.1 Å². The molecule has 3 aromatic heterocycles. The van der Waals surface area contributed by atoms with Crippen molar-refractivity contribution in [3.63, 3.8) is 0 Å². The lowest BCUT2D eigenvalue weighted by Gasteiger charge is -2.30. The topological polar surface area (TPSA) is 165 Å². The van der Waals surface area contributed by atoms with Crippen LogP contribution in [-0.4, -0.2) is 82.6 Å². The van der Waals surface area contributed by atoms with E-state index < -0.39 is 43.2 Å². The third kappa shape index (κ3) is 15.7. The lowest BCUT2D eigenvalue weighted by molar-refractivity contribution is 0.0214. The Morgan fingerprint density at radius 2 is 0.942 bits per heavy atom. The van der Waals surface area contributed by atoms with Gasteiger partial charge >= 0.3 is 12.2 Å². The molecule has 0 saturated carbocycles. The number of H-pyrrole nitrogens is 1. The number of ether oxygens (including phenoxy) is 2. The fraction of sp³-hybridized carbons (Fsp3) is 0.333. The molecule has 0 spiro atoms. The number of carbonyl (C=O) groups excluding carboxylic acids is 2. The highest BCUT2D eigenvalue weighted by Gasteiger charge is 2.35. The van der Waals surface area contributed by atoms with Crippen molar-refractivity contribution in [3.05, 3.63) is 165 Å². The van der Waals surface area contributed by atoms with E-state index in [9.17, 15) is 39.6 Å². The minimum atomic E-state index is -3.95. The van der Waals surface area contributed by atoms with Gasteiger partial charge in [0.25, 0.3) is 20.0 Å². The van der Waals surface area contributed by atoms with Crippen LogP contribution in [0.25, 0.3) is 32.7 Å². The van der Waals surface area contributed by atoms with Crippen LogP contribution in [0.5, 0.6) is 0 Å². The molecule has 6 atom stereocenters. The number of rotatable bonds is 7. The summed E-state index contributed by atoms with van der Waals surface area (Å²) >= 11 is 0. The van der Waals surface area contributed by atoms with Crippen LogP contribution in [0.3, 0.4) is 0 Å². The number of halogens is 3. The lowest BCUT2D eigenvalue weighted by Crippen LogP contribution is -2.40. The van der Waals surface area contributed by atoms with Crippen molar-refractivity contribution in [1.82, 2.24) is 28.0 Å². The first-order chi connectivity index (χ1) is 40.3. The number of benzene rings is 5. The van der Waals surface area contributed by atoms with Gasteiger partial charge in [-0.25, -0.2) is 47.5 Å². The number of nitrogens with zero attached hydrogens (tertiary/aromatic N) is 4. The molecule has 3 aliphatic heterocycles. The molecule has 14 nitrogen and oxygen atoms in total. The third-order valence-corrected chi connectivity index (χ3v) is 67.1. The van der Waals surface area contributed by atoms with Gasteiger partial charge in [-0.2, -0.15) is 0 Å². The number of amides is 2. The minimum absolute atomic E-state index is 0.0814. The molecule has 2 amide bonds. The van der Waals surface area contributed by atoms with E-state index in [2.05, 4.69) is 63.9 Å². The van der Waals surface area contributed by atoms with E-state index in [1.807, 2.05) is 40.7 Å². The maximum atomic E-state index is 14.9. The van der Waals surface area contributed by atoms with Crippen LogP contribution in [0.4, 0.5) is 22.8 Å². The van der Waals surface area contributed by atoms with Crippen molar-refractivity contribution in [2.24, 2.45) is 0 Å². The second kappa shape index (κ2) is 28.4. The summed E-state index contributed by atoms with van der Waals surface area (Å²) in [5.41, 5.74) is 6.50. The molecular formula is C57H73F3N6O8P10S2. The second-order valence-electron chi connectivity index (χ2n) is 22.7. The van der Waals surface area contributed by atoms with Crippen LogP contribution >= 0.6 is 81.5 Å². The van der Waals surface area contributed by atoms with Gasteiger partial charge in [-0.05, 0) is 150 Å². The first-order valence-electron chi connectivity index (χ1n) is 27.2. The van der Waals surface area contributed by atoms with Crippen molar-refractivity contribution < 1.29 is 49.1 Å². The summed E-state index contributed by atoms with van der Waals surface area (Å²) in [6.45, 7) is 17.7. The van der Waals surface area contributed by atoms with Crippen LogP contribution in [-0.2, 0) is 68.4 Å².